The van der Waals surface area contributed by atoms with E-state index >= 15 is 0 Å². The molecule has 0 amide bonds. The fourth-order valence-corrected chi connectivity index (χ4v) is 3.94. The number of hydrogen-bond acceptors (Lipinski definition) is 2. The van der Waals surface area contributed by atoms with Gasteiger partial charge in [-0.1, -0.05) is 93.6 Å². The second-order valence-electron chi connectivity index (χ2n) is 9.49. The maximum Gasteiger partial charge on any atom is 0.294 e. The first-order chi connectivity index (χ1) is 15.0. The smallest absolute Gasteiger partial charge is 0.294 e. The molecular weight excluding hydrogens is 420 g/mol. The van der Waals surface area contributed by atoms with Crippen LogP contribution in [0.5, 0.6) is 0 Å². The molecule has 168 valence electrons. The Hall–Kier alpha value is -2.63. The molecule has 0 aliphatic carbocycles. The molecule has 0 unspecified atom stereocenters. The second kappa shape index (κ2) is 9.47. The van der Waals surface area contributed by atoms with Crippen LogP contribution in [-0.2, 0) is 10.3 Å². The third kappa shape index (κ3) is 5.78. The van der Waals surface area contributed by atoms with Gasteiger partial charge in [-0.15, -0.1) is 0 Å². The van der Waals surface area contributed by atoms with Crippen molar-refractivity contribution >= 4 is 19.7 Å². The van der Waals surface area contributed by atoms with E-state index in [1.807, 2.05) is 94.5 Å². The quantitative estimate of drug-likeness (QED) is 0.264. The summed E-state index contributed by atoms with van der Waals surface area (Å²) in [6.45, 7) is 9.49. The van der Waals surface area contributed by atoms with Gasteiger partial charge in [0.05, 0.1) is 11.4 Å². The first-order valence-corrected chi connectivity index (χ1v) is 13.7. The van der Waals surface area contributed by atoms with Gasteiger partial charge in [0.25, 0.3) is 5.92 Å². The molecule has 0 aromatic heterocycles. The summed E-state index contributed by atoms with van der Waals surface area (Å²) in [7, 11) is -2.26. The van der Waals surface area contributed by atoms with E-state index in [1.165, 1.54) is 12.1 Å². The first-order valence-electron chi connectivity index (χ1n) is 10.8. The molecule has 0 saturated heterocycles. The molecule has 0 spiro atoms. The van der Waals surface area contributed by atoms with E-state index in [4.69, 9.17) is 9.42 Å². The number of aliphatic imine (C=N–C) groups is 1. The van der Waals surface area contributed by atoms with Crippen LogP contribution in [0.1, 0.15) is 37.5 Å². The average molecular weight is 452 g/mol. The molecule has 0 saturated carbocycles. The lowest BCUT2D eigenvalue weighted by molar-refractivity contribution is -0.0508. The Bertz CT molecular complexity index is 999. The largest absolute Gasteiger partial charge is 0.410 e. The third-order valence-electron chi connectivity index (χ3n) is 6.05. The van der Waals surface area contributed by atoms with E-state index in [0.717, 1.165) is 16.8 Å². The monoisotopic (exact) mass is 451 g/mol. The summed E-state index contributed by atoms with van der Waals surface area (Å²) in [5.74, 6) is -3.06. The topological polar surface area (TPSA) is 21.6 Å². The summed E-state index contributed by atoms with van der Waals surface area (Å²) in [5, 5.41) is -0.118. The van der Waals surface area contributed by atoms with E-state index in [-0.39, 0.29) is 10.6 Å². The van der Waals surface area contributed by atoms with Crippen molar-refractivity contribution in [1.29, 1.82) is 0 Å². The Kier molecular flexibility index (Phi) is 7.11. The molecule has 3 aromatic carbocycles. The van der Waals surface area contributed by atoms with Crippen molar-refractivity contribution in [3.8, 4) is 0 Å². The van der Waals surface area contributed by atoms with Crippen LogP contribution in [0.15, 0.2) is 89.9 Å². The number of hydrogen-bond donors (Lipinski definition) is 0. The van der Waals surface area contributed by atoms with E-state index in [0.29, 0.717) is 5.69 Å². The Labute approximate surface area is 191 Å². The van der Waals surface area contributed by atoms with Crippen LogP contribution >= 0.6 is 0 Å². The van der Waals surface area contributed by atoms with Crippen molar-refractivity contribution < 1.29 is 13.2 Å². The van der Waals surface area contributed by atoms with Gasteiger partial charge in [0.2, 0.25) is 0 Å². The maximum absolute atomic E-state index is 14.9. The third-order valence-corrected chi connectivity index (χ3v) is 10.5. The van der Waals surface area contributed by atoms with Crippen molar-refractivity contribution in [1.82, 2.24) is 0 Å². The van der Waals surface area contributed by atoms with Crippen molar-refractivity contribution in [2.24, 2.45) is 4.99 Å². The van der Waals surface area contributed by atoms with E-state index in [9.17, 15) is 8.78 Å². The summed E-state index contributed by atoms with van der Waals surface area (Å²) < 4.78 is 35.5. The van der Waals surface area contributed by atoms with E-state index < -0.39 is 20.8 Å². The predicted octanol–water partition coefficient (Wildman–Crippen LogP) is 7.97. The normalized spacial score (nSPS) is 12.5. The minimum atomic E-state index is -3.06. The van der Waals surface area contributed by atoms with Gasteiger partial charge >= 0.3 is 0 Å². The SMILES string of the molecule is CC(C)(C)[Si](C)(C)OCC(F)(F)c1ccc(N=C(c2ccccc2)c2ccccc2)cc1. The molecular formula is C27H31F2NOSi. The van der Waals surface area contributed by atoms with Crippen LogP contribution in [0.3, 0.4) is 0 Å². The lowest BCUT2D eigenvalue weighted by Gasteiger charge is -2.37. The number of nitrogens with zero attached hydrogens (tertiary/aromatic N) is 1. The molecule has 0 aliphatic heterocycles. The summed E-state index contributed by atoms with van der Waals surface area (Å²) in [6, 6.07) is 25.9. The fourth-order valence-electron chi connectivity index (χ4n) is 2.97. The minimum Gasteiger partial charge on any atom is -0.410 e. The highest BCUT2D eigenvalue weighted by Gasteiger charge is 2.41. The van der Waals surface area contributed by atoms with Gasteiger partial charge in [-0.2, -0.15) is 8.78 Å². The van der Waals surface area contributed by atoms with Crippen LogP contribution < -0.4 is 0 Å². The lowest BCUT2D eigenvalue weighted by Crippen LogP contribution is -2.43. The highest BCUT2D eigenvalue weighted by atomic mass is 28.4. The molecule has 3 aromatic rings. The Morgan fingerprint density at radius 3 is 1.69 bits per heavy atom. The van der Waals surface area contributed by atoms with Crippen LogP contribution in [0.25, 0.3) is 0 Å². The standard InChI is InChI=1S/C27H31F2NOSi/c1-26(2,3)32(4,5)31-20-27(28,29)23-16-18-24(19-17-23)30-25(21-12-8-6-9-13-21)22-14-10-7-11-15-22/h6-19H,20H2,1-5H3. The van der Waals surface area contributed by atoms with Crippen molar-refractivity contribution in [2.45, 2.75) is 44.8 Å². The zero-order valence-electron chi connectivity index (χ0n) is 19.4. The molecule has 3 rings (SSSR count). The number of alkyl halides is 2. The number of halogens is 2. The predicted molar refractivity (Wildman–Crippen MR) is 132 cm³/mol. The average Bonchev–Trinajstić information content (AvgIpc) is 2.77. The van der Waals surface area contributed by atoms with Crippen LogP contribution in [0.4, 0.5) is 14.5 Å². The molecule has 0 bridgehead atoms. The highest BCUT2D eigenvalue weighted by Crippen LogP contribution is 2.39. The lowest BCUT2D eigenvalue weighted by atomic mass is 10.0. The molecule has 0 fully saturated rings. The first kappa shape index (κ1) is 24.0. The minimum absolute atomic E-state index is 0.0591. The molecule has 32 heavy (non-hydrogen) atoms. The van der Waals surface area contributed by atoms with Crippen LogP contribution in [0, 0.1) is 0 Å². The number of benzene rings is 3. The van der Waals surface area contributed by atoms with Gasteiger partial charge in [0.15, 0.2) is 8.32 Å². The summed E-state index contributed by atoms with van der Waals surface area (Å²) in [5.41, 5.74) is 3.30. The molecule has 0 heterocycles. The van der Waals surface area contributed by atoms with Gasteiger partial charge in [0.1, 0.15) is 6.61 Å². The molecule has 0 radical (unpaired) electrons. The number of rotatable bonds is 7. The van der Waals surface area contributed by atoms with Gasteiger partial charge in [-0.05, 0) is 30.3 Å². The molecule has 0 aliphatic rings. The summed E-state index contributed by atoms with van der Waals surface area (Å²) >= 11 is 0. The molecule has 5 heteroatoms. The summed E-state index contributed by atoms with van der Waals surface area (Å²) in [4.78, 5) is 4.79. The molecule has 2 nitrogen and oxygen atoms in total. The zero-order chi connectivity index (χ0) is 23.4. The van der Waals surface area contributed by atoms with Crippen molar-refractivity contribution in [3.63, 3.8) is 0 Å². The van der Waals surface area contributed by atoms with Gasteiger partial charge in [-0.3, -0.25) is 0 Å². The van der Waals surface area contributed by atoms with Crippen LogP contribution in [0.2, 0.25) is 18.1 Å². The maximum atomic E-state index is 14.9. The van der Waals surface area contributed by atoms with E-state index in [1.54, 1.807) is 12.1 Å². The van der Waals surface area contributed by atoms with Gasteiger partial charge < -0.3 is 4.43 Å². The van der Waals surface area contributed by atoms with Crippen LogP contribution in [-0.4, -0.2) is 20.6 Å². The second-order valence-corrected chi connectivity index (χ2v) is 14.3. The Morgan fingerprint density at radius 1 is 0.781 bits per heavy atom. The summed E-state index contributed by atoms with van der Waals surface area (Å²) in [6.07, 6.45) is 0. The molecule has 0 N–H and O–H groups in total. The molecule has 0 atom stereocenters. The van der Waals surface area contributed by atoms with Crippen molar-refractivity contribution in [2.75, 3.05) is 6.61 Å². The van der Waals surface area contributed by atoms with Crippen molar-refractivity contribution in [3.05, 3.63) is 102 Å². The fraction of sp³-hybridized carbons (Fsp3) is 0.296. The van der Waals surface area contributed by atoms with Gasteiger partial charge in [0, 0.05) is 16.7 Å². The Morgan fingerprint density at radius 2 is 1.25 bits per heavy atom. The van der Waals surface area contributed by atoms with Gasteiger partial charge in [-0.25, -0.2) is 4.99 Å². The Balaban J connectivity index is 1.85. The zero-order valence-corrected chi connectivity index (χ0v) is 20.4. The van der Waals surface area contributed by atoms with E-state index in [2.05, 4.69) is 0 Å². The highest BCUT2D eigenvalue weighted by molar-refractivity contribution is 6.74.